The zero-order chi connectivity index (χ0) is 12.1. The minimum Gasteiger partial charge on any atom is -0.370 e. The lowest BCUT2D eigenvalue weighted by molar-refractivity contribution is -0.0365. The third kappa shape index (κ3) is 2.80. The van der Waals surface area contributed by atoms with Gasteiger partial charge in [0, 0.05) is 19.4 Å². The monoisotopic (exact) mass is 258 g/mol. The van der Waals surface area contributed by atoms with Crippen molar-refractivity contribution in [2.75, 3.05) is 13.0 Å². The number of aryl methyl sites for hydroxylation is 1. The number of aromatic nitrogens is 2. The van der Waals surface area contributed by atoms with Crippen molar-refractivity contribution in [3.05, 3.63) is 11.7 Å². The van der Waals surface area contributed by atoms with Crippen molar-refractivity contribution in [1.29, 1.82) is 0 Å². The Morgan fingerprint density at radius 2 is 2.00 bits per heavy atom. The second-order valence-corrected chi connectivity index (χ2v) is 4.94. The molecule has 0 bridgehead atoms. The molecule has 17 heavy (non-hydrogen) atoms. The van der Waals surface area contributed by atoms with E-state index < -0.39 is 0 Å². The van der Waals surface area contributed by atoms with Crippen LogP contribution in [0.5, 0.6) is 0 Å². The summed E-state index contributed by atoms with van der Waals surface area (Å²) in [6, 6.07) is 0. The lowest BCUT2D eigenvalue weighted by atomic mass is 9.93. The quantitative estimate of drug-likeness (QED) is 0.615. The molecular weight excluding hydrogens is 240 g/mol. The van der Waals surface area contributed by atoms with E-state index in [-0.39, 0.29) is 5.60 Å². The van der Waals surface area contributed by atoms with Gasteiger partial charge in [-0.1, -0.05) is 30.8 Å². The molecule has 0 N–H and O–H groups in total. The number of methoxy groups -OCH3 is 1. The van der Waals surface area contributed by atoms with E-state index in [0.717, 1.165) is 25.7 Å². The summed E-state index contributed by atoms with van der Waals surface area (Å²) in [5.74, 6) is 1.81. The highest BCUT2D eigenvalue weighted by Gasteiger charge is 2.37. The van der Waals surface area contributed by atoms with Gasteiger partial charge < -0.3 is 9.26 Å². The van der Waals surface area contributed by atoms with Gasteiger partial charge >= 0.3 is 0 Å². The highest BCUT2D eigenvalue weighted by Crippen LogP contribution is 2.37. The van der Waals surface area contributed by atoms with Crippen LogP contribution < -0.4 is 0 Å². The molecule has 1 heterocycles. The molecule has 2 rings (SSSR count). The summed E-state index contributed by atoms with van der Waals surface area (Å²) in [5.41, 5.74) is -0.343. The van der Waals surface area contributed by atoms with Crippen LogP contribution in [-0.2, 0) is 16.8 Å². The molecule has 1 aromatic heterocycles. The molecule has 0 unspecified atom stereocenters. The first-order valence-electron chi connectivity index (χ1n) is 6.25. The van der Waals surface area contributed by atoms with Gasteiger partial charge in [0.05, 0.1) is 0 Å². The van der Waals surface area contributed by atoms with Crippen molar-refractivity contribution in [2.45, 2.75) is 50.5 Å². The SMILES string of the molecule is COC1(c2noc(CCCl)n2)CCCCCC1. The predicted octanol–water partition coefficient (Wildman–Crippen LogP) is 3.05. The summed E-state index contributed by atoms with van der Waals surface area (Å²) in [7, 11) is 1.74. The average Bonchev–Trinajstić information content (AvgIpc) is 2.68. The van der Waals surface area contributed by atoms with Crippen LogP contribution in [0.15, 0.2) is 4.52 Å². The van der Waals surface area contributed by atoms with Crippen LogP contribution in [0.1, 0.15) is 50.2 Å². The second kappa shape index (κ2) is 5.83. The van der Waals surface area contributed by atoms with E-state index in [1.165, 1.54) is 12.8 Å². The Hall–Kier alpha value is -0.610. The Bertz CT molecular complexity index is 346. The zero-order valence-corrected chi connectivity index (χ0v) is 11.0. The minimum absolute atomic E-state index is 0.343. The second-order valence-electron chi connectivity index (χ2n) is 4.56. The first-order chi connectivity index (χ1) is 8.30. The Morgan fingerprint density at radius 1 is 1.29 bits per heavy atom. The average molecular weight is 259 g/mol. The fraction of sp³-hybridized carbons (Fsp3) is 0.833. The van der Waals surface area contributed by atoms with Gasteiger partial charge in [0.2, 0.25) is 11.7 Å². The third-order valence-corrected chi connectivity index (χ3v) is 3.67. The molecule has 1 saturated carbocycles. The van der Waals surface area contributed by atoms with Gasteiger partial charge in [-0.25, -0.2) is 0 Å². The van der Waals surface area contributed by atoms with E-state index in [0.29, 0.717) is 24.0 Å². The van der Waals surface area contributed by atoms with E-state index in [2.05, 4.69) is 10.1 Å². The lowest BCUT2D eigenvalue weighted by Crippen LogP contribution is -2.29. The maximum Gasteiger partial charge on any atom is 0.227 e. The number of alkyl halides is 1. The van der Waals surface area contributed by atoms with Crippen LogP contribution in [0.4, 0.5) is 0 Å². The topological polar surface area (TPSA) is 48.2 Å². The maximum absolute atomic E-state index is 5.72. The van der Waals surface area contributed by atoms with Gasteiger partial charge in [-0.3, -0.25) is 0 Å². The van der Waals surface area contributed by atoms with E-state index in [4.69, 9.17) is 20.9 Å². The summed E-state index contributed by atoms with van der Waals surface area (Å²) in [6.07, 6.45) is 7.41. The molecule has 4 nitrogen and oxygen atoms in total. The Kier molecular flexibility index (Phi) is 4.40. The predicted molar refractivity (Wildman–Crippen MR) is 65.1 cm³/mol. The van der Waals surface area contributed by atoms with Crippen LogP contribution in [0, 0.1) is 0 Å². The van der Waals surface area contributed by atoms with Crippen molar-refractivity contribution in [3.8, 4) is 0 Å². The molecule has 0 spiro atoms. The first-order valence-corrected chi connectivity index (χ1v) is 6.78. The molecule has 0 saturated heterocycles. The van der Waals surface area contributed by atoms with Gasteiger partial charge in [-0.05, 0) is 12.8 Å². The molecule has 1 aromatic rings. The molecule has 0 aromatic carbocycles. The van der Waals surface area contributed by atoms with Crippen molar-refractivity contribution >= 4 is 11.6 Å². The van der Waals surface area contributed by atoms with Crippen molar-refractivity contribution < 1.29 is 9.26 Å². The van der Waals surface area contributed by atoms with Gasteiger partial charge in [-0.2, -0.15) is 4.98 Å². The molecule has 1 fully saturated rings. The number of hydrogen-bond acceptors (Lipinski definition) is 4. The van der Waals surface area contributed by atoms with Crippen LogP contribution in [0.3, 0.4) is 0 Å². The van der Waals surface area contributed by atoms with E-state index in [1.807, 2.05) is 0 Å². The summed E-state index contributed by atoms with van der Waals surface area (Å²) in [6.45, 7) is 0. The van der Waals surface area contributed by atoms with Gasteiger partial charge in [0.25, 0.3) is 0 Å². The lowest BCUT2D eigenvalue weighted by Gasteiger charge is -2.27. The van der Waals surface area contributed by atoms with Crippen molar-refractivity contribution in [3.63, 3.8) is 0 Å². The number of hydrogen-bond donors (Lipinski definition) is 0. The Morgan fingerprint density at radius 3 is 2.59 bits per heavy atom. The van der Waals surface area contributed by atoms with Crippen LogP contribution >= 0.6 is 11.6 Å². The summed E-state index contributed by atoms with van der Waals surface area (Å²) >= 11 is 5.67. The largest absolute Gasteiger partial charge is 0.370 e. The van der Waals surface area contributed by atoms with Crippen LogP contribution in [0.25, 0.3) is 0 Å². The molecule has 0 atom stereocenters. The van der Waals surface area contributed by atoms with Gasteiger partial charge in [0.15, 0.2) is 0 Å². The number of nitrogens with zero attached hydrogens (tertiary/aromatic N) is 2. The first kappa shape index (κ1) is 12.8. The minimum atomic E-state index is -0.343. The number of ether oxygens (including phenoxy) is 1. The fourth-order valence-corrected chi connectivity index (χ4v) is 2.60. The Labute approximate surface area is 107 Å². The maximum atomic E-state index is 5.72. The standard InChI is InChI=1S/C12H19ClN2O2/c1-16-12(7-4-2-3-5-8-12)11-14-10(6-9-13)17-15-11/h2-9H2,1H3. The highest BCUT2D eigenvalue weighted by molar-refractivity contribution is 6.17. The molecule has 0 radical (unpaired) electrons. The molecule has 0 aliphatic heterocycles. The summed E-state index contributed by atoms with van der Waals surface area (Å²) < 4.78 is 10.9. The fourth-order valence-electron chi connectivity index (χ4n) is 2.44. The molecule has 96 valence electrons. The molecule has 1 aliphatic rings. The Balaban J connectivity index is 2.19. The number of rotatable bonds is 4. The van der Waals surface area contributed by atoms with E-state index in [1.54, 1.807) is 7.11 Å². The van der Waals surface area contributed by atoms with Gasteiger partial charge in [0.1, 0.15) is 5.60 Å². The molecule has 5 heteroatoms. The van der Waals surface area contributed by atoms with Crippen molar-refractivity contribution in [2.24, 2.45) is 0 Å². The summed E-state index contributed by atoms with van der Waals surface area (Å²) in [4.78, 5) is 4.42. The molecular formula is C12H19ClN2O2. The molecule has 1 aliphatic carbocycles. The van der Waals surface area contributed by atoms with E-state index in [9.17, 15) is 0 Å². The smallest absolute Gasteiger partial charge is 0.227 e. The zero-order valence-electron chi connectivity index (χ0n) is 10.2. The van der Waals surface area contributed by atoms with Crippen molar-refractivity contribution in [1.82, 2.24) is 10.1 Å². The number of halogens is 1. The molecule has 0 amide bonds. The summed E-state index contributed by atoms with van der Waals surface area (Å²) in [5, 5.41) is 4.07. The highest BCUT2D eigenvalue weighted by atomic mass is 35.5. The van der Waals surface area contributed by atoms with E-state index >= 15 is 0 Å². The third-order valence-electron chi connectivity index (χ3n) is 3.49. The van der Waals surface area contributed by atoms with Crippen LogP contribution in [0.2, 0.25) is 0 Å². The van der Waals surface area contributed by atoms with Crippen LogP contribution in [-0.4, -0.2) is 23.1 Å². The van der Waals surface area contributed by atoms with Gasteiger partial charge in [-0.15, -0.1) is 11.6 Å². The normalized spacial score (nSPS) is 20.1.